The molecule has 5 aromatic rings. The van der Waals surface area contributed by atoms with Gasteiger partial charge in [-0.05, 0) is 36.8 Å². The molecule has 0 saturated heterocycles. The Morgan fingerprint density at radius 3 is 2.45 bits per heavy atom. The molecule has 0 aliphatic rings. The van der Waals surface area contributed by atoms with Gasteiger partial charge in [0.05, 0.1) is 11.5 Å². The third kappa shape index (κ3) is 4.15. The highest BCUT2D eigenvalue weighted by Gasteiger charge is 2.22. The standard InChI is InChI=1S/C23H19N5O2S/c1-16(22-24-21(27-30-22)19-13-8-14-29-19)31-23-26-25-20(15-17-9-4-2-5-10-17)28(23)18-11-6-3-7-12-18/h2-14,16H,15H2,1H3/t16-/m0/s1. The Morgan fingerprint density at radius 1 is 0.935 bits per heavy atom. The number of aromatic nitrogens is 5. The summed E-state index contributed by atoms with van der Waals surface area (Å²) in [6, 6.07) is 24.0. The van der Waals surface area contributed by atoms with Crippen molar-refractivity contribution in [3.63, 3.8) is 0 Å². The fraction of sp³-hybridized carbons (Fsp3) is 0.130. The van der Waals surface area contributed by atoms with Crippen LogP contribution in [0.4, 0.5) is 0 Å². The fourth-order valence-corrected chi connectivity index (χ4v) is 4.14. The molecule has 5 rings (SSSR count). The third-order valence-corrected chi connectivity index (χ3v) is 5.76. The van der Waals surface area contributed by atoms with Crippen LogP contribution in [0.15, 0.2) is 93.2 Å². The van der Waals surface area contributed by atoms with E-state index >= 15 is 0 Å². The van der Waals surface area contributed by atoms with Gasteiger partial charge in [0.15, 0.2) is 10.9 Å². The summed E-state index contributed by atoms with van der Waals surface area (Å²) in [5.74, 6) is 2.38. The van der Waals surface area contributed by atoms with Gasteiger partial charge in [-0.3, -0.25) is 4.57 Å². The van der Waals surface area contributed by atoms with Gasteiger partial charge in [-0.25, -0.2) is 0 Å². The number of nitrogens with zero attached hydrogens (tertiary/aromatic N) is 5. The van der Waals surface area contributed by atoms with E-state index in [1.807, 2.05) is 55.5 Å². The Kier molecular flexibility index (Phi) is 5.37. The lowest BCUT2D eigenvalue weighted by molar-refractivity contribution is 0.379. The van der Waals surface area contributed by atoms with Gasteiger partial charge in [-0.2, -0.15) is 4.98 Å². The van der Waals surface area contributed by atoms with Crippen LogP contribution in [0.2, 0.25) is 0 Å². The number of thioether (sulfide) groups is 1. The normalized spacial score (nSPS) is 12.2. The summed E-state index contributed by atoms with van der Waals surface area (Å²) in [4.78, 5) is 4.48. The average molecular weight is 430 g/mol. The number of rotatable bonds is 7. The van der Waals surface area contributed by atoms with E-state index in [2.05, 4.69) is 37.0 Å². The van der Waals surface area contributed by atoms with Gasteiger partial charge in [-0.1, -0.05) is 65.4 Å². The van der Waals surface area contributed by atoms with Crippen molar-refractivity contribution in [2.75, 3.05) is 0 Å². The van der Waals surface area contributed by atoms with E-state index in [0.717, 1.165) is 16.7 Å². The zero-order valence-corrected chi connectivity index (χ0v) is 17.6. The van der Waals surface area contributed by atoms with E-state index in [1.54, 1.807) is 18.4 Å². The van der Waals surface area contributed by atoms with E-state index in [1.165, 1.54) is 17.3 Å². The average Bonchev–Trinajstić information content (AvgIpc) is 3.56. The summed E-state index contributed by atoms with van der Waals surface area (Å²) < 4.78 is 12.9. The molecule has 0 unspecified atom stereocenters. The molecule has 0 N–H and O–H groups in total. The molecule has 3 heterocycles. The lowest BCUT2D eigenvalue weighted by atomic mass is 10.1. The predicted molar refractivity (Wildman–Crippen MR) is 117 cm³/mol. The Bertz CT molecular complexity index is 1250. The topological polar surface area (TPSA) is 82.8 Å². The third-order valence-electron chi connectivity index (χ3n) is 4.73. The van der Waals surface area contributed by atoms with Crippen molar-refractivity contribution in [1.29, 1.82) is 0 Å². The summed E-state index contributed by atoms with van der Waals surface area (Å²) in [5, 5.41) is 13.6. The van der Waals surface area contributed by atoms with Gasteiger partial charge in [0.25, 0.3) is 0 Å². The number of furan rings is 1. The van der Waals surface area contributed by atoms with Crippen molar-refractivity contribution < 1.29 is 8.94 Å². The molecular formula is C23H19N5O2S. The van der Waals surface area contributed by atoms with E-state index in [9.17, 15) is 0 Å². The van der Waals surface area contributed by atoms with Crippen LogP contribution in [-0.4, -0.2) is 24.9 Å². The van der Waals surface area contributed by atoms with Crippen molar-refractivity contribution in [3.05, 3.63) is 96.3 Å². The summed E-state index contributed by atoms with van der Waals surface area (Å²) in [7, 11) is 0. The van der Waals surface area contributed by atoms with Gasteiger partial charge in [0.2, 0.25) is 11.7 Å². The van der Waals surface area contributed by atoms with Crippen LogP contribution < -0.4 is 0 Å². The highest BCUT2D eigenvalue weighted by Crippen LogP contribution is 2.35. The van der Waals surface area contributed by atoms with E-state index in [-0.39, 0.29) is 5.25 Å². The monoisotopic (exact) mass is 429 g/mol. The molecule has 0 bridgehead atoms. The molecule has 7 nitrogen and oxygen atoms in total. The fourth-order valence-electron chi connectivity index (χ4n) is 3.22. The first-order valence-electron chi connectivity index (χ1n) is 9.86. The minimum absolute atomic E-state index is 0.118. The molecule has 0 aliphatic carbocycles. The second-order valence-corrected chi connectivity index (χ2v) is 8.23. The van der Waals surface area contributed by atoms with Crippen LogP contribution >= 0.6 is 11.8 Å². The Morgan fingerprint density at radius 2 is 1.71 bits per heavy atom. The molecule has 154 valence electrons. The van der Waals surface area contributed by atoms with Crippen LogP contribution in [0.25, 0.3) is 17.3 Å². The van der Waals surface area contributed by atoms with Crippen molar-refractivity contribution in [1.82, 2.24) is 24.9 Å². The largest absolute Gasteiger partial charge is 0.461 e. The number of para-hydroxylation sites is 1. The van der Waals surface area contributed by atoms with Gasteiger partial charge in [-0.15, -0.1) is 10.2 Å². The van der Waals surface area contributed by atoms with Crippen LogP contribution in [0.1, 0.15) is 29.5 Å². The second-order valence-electron chi connectivity index (χ2n) is 6.93. The zero-order valence-electron chi connectivity index (χ0n) is 16.8. The molecule has 3 aromatic heterocycles. The minimum atomic E-state index is -0.118. The van der Waals surface area contributed by atoms with Crippen LogP contribution in [0.5, 0.6) is 0 Å². The summed E-state index contributed by atoms with van der Waals surface area (Å²) in [6.45, 7) is 2.00. The van der Waals surface area contributed by atoms with Gasteiger partial charge in [0, 0.05) is 12.1 Å². The molecule has 2 aromatic carbocycles. The highest BCUT2D eigenvalue weighted by atomic mass is 32.2. The predicted octanol–water partition coefficient (Wildman–Crippen LogP) is 5.35. The molecule has 31 heavy (non-hydrogen) atoms. The highest BCUT2D eigenvalue weighted by molar-refractivity contribution is 7.99. The lowest BCUT2D eigenvalue weighted by Gasteiger charge is -2.11. The van der Waals surface area contributed by atoms with Crippen LogP contribution in [-0.2, 0) is 6.42 Å². The van der Waals surface area contributed by atoms with Crippen molar-refractivity contribution in [2.45, 2.75) is 23.8 Å². The van der Waals surface area contributed by atoms with Crippen molar-refractivity contribution in [2.24, 2.45) is 0 Å². The van der Waals surface area contributed by atoms with Crippen LogP contribution in [0, 0.1) is 0 Å². The quantitative estimate of drug-likeness (QED) is 0.322. The van der Waals surface area contributed by atoms with Crippen LogP contribution in [0.3, 0.4) is 0 Å². The Labute approximate surface area is 183 Å². The molecule has 0 saturated carbocycles. The SMILES string of the molecule is C[C@H](Sc1nnc(Cc2ccccc2)n1-c1ccccc1)c1nc(-c2ccco2)no1. The first kappa shape index (κ1) is 19.3. The second kappa shape index (κ2) is 8.61. The van der Waals surface area contributed by atoms with E-state index in [4.69, 9.17) is 8.94 Å². The summed E-state index contributed by atoms with van der Waals surface area (Å²) in [5.41, 5.74) is 2.19. The maximum absolute atomic E-state index is 5.47. The van der Waals surface area contributed by atoms with Crippen molar-refractivity contribution >= 4 is 11.8 Å². The number of benzene rings is 2. The van der Waals surface area contributed by atoms with Gasteiger partial charge < -0.3 is 8.94 Å². The number of hydrogen-bond acceptors (Lipinski definition) is 7. The molecule has 0 spiro atoms. The molecule has 0 aliphatic heterocycles. The molecule has 0 amide bonds. The zero-order chi connectivity index (χ0) is 21.0. The Balaban J connectivity index is 1.45. The van der Waals surface area contributed by atoms with E-state index in [0.29, 0.717) is 23.9 Å². The van der Waals surface area contributed by atoms with Gasteiger partial charge >= 0.3 is 0 Å². The molecule has 0 fully saturated rings. The van der Waals surface area contributed by atoms with E-state index < -0.39 is 0 Å². The smallest absolute Gasteiger partial charge is 0.240 e. The minimum Gasteiger partial charge on any atom is -0.461 e. The van der Waals surface area contributed by atoms with Gasteiger partial charge in [0.1, 0.15) is 5.82 Å². The maximum Gasteiger partial charge on any atom is 0.240 e. The molecule has 0 radical (unpaired) electrons. The molecular weight excluding hydrogens is 410 g/mol. The molecule has 8 heteroatoms. The first-order chi connectivity index (χ1) is 15.3. The van der Waals surface area contributed by atoms with Crippen molar-refractivity contribution in [3.8, 4) is 17.3 Å². The first-order valence-corrected chi connectivity index (χ1v) is 10.7. The lowest BCUT2D eigenvalue weighted by Crippen LogP contribution is -2.04. The maximum atomic E-state index is 5.47. The number of hydrogen-bond donors (Lipinski definition) is 0. The summed E-state index contributed by atoms with van der Waals surface area (Å²) >= 11 is 1.52. The summed E-state index contributed by atoms with van der Waals surface area (Å²) in [6.07, 6.45) is 2.26. The Hall–Kier alpha value is -3.65. The molecule has 1 atom stereocenters.